The SMILES string of the molecule is Cc1ccc(-n2sc3ncccc3c2=O)cc1S(=O)(=O)N1CCCC1. The van der Waals surface area contributed by atoms with E-state index in [9.17, 15) is 13.2 Å². The third-order valence-electron chi connectivity index (χ3n) is 4.45. The van der Waals surface area contributed by atoms with Crippen molar-refractivity contribution in [1.29, 1.82) is 0 Å². The van der Waals surface area contributed by atoms with Crippen LogP contribution in [0, 0.1) is 6.92 Å². The molecule has 6 nitrogen and oxygen atoms in total. The van der Waals surface area contributed by atoms with Gasteiger partial charge in [-0.15, -0.1) is 0 Å². The fourth-order valence-electron chi connectivity index (χ4n) is 3.09. The van der Waals surface area contributed by atoms with Gasteiger partial charge in [0, 0.05) is 19.3 Å². The highest BCUT2D eigenvalue weighted by Crippen LogP contribution is 2.27. The number of aryl methyl sites for hydroxylation is 1. The number of nitrogens with zero attached hydrogens (tertiary/aromatic N) is 3. The Morgan fingerprint density at radius 1 is 1.16 bits per heavy atom. The minimum atomic E-state index is -3.54. The van der Waals surface area contributed by atoms with Crippen LogP contribution in [0.1, 0.15) is 18.4 Å². The standard InChI is InChI=1S/C17H17N3O3S2/c1-12-6-7-13(11-15(12)25(22,23)19-9-2-3-10-19)20-17(21)14-5-4-8-18-16(14)24-20/h4-8,11H,2-3,9-10H2,1H3. The smallest absolute Gasteiger partial charge is 0.267 e. The lowest BCUT2D eigenvalue weighted by Crippen LogP contribution is -2.28. The van der Waals surface area contributed by atoms with E-state index in [0.29, 0.717) is 34.6 Å². The van der Waals surface area contributed by atoms with E-state index >= 15 is 0 Å². The quantitative estimate of drug-likeness (QED) is 0.705. The third-order valence-corrected chi connectivity index (χ3v) is 7.55. The second-order valence-corrected chi connectivity index (χ2v) is 8.95. The minimum absolute atomic E-state index is 0.179. The predicted octanol–water partition coefficient (Wildman–Crippen LogP) is 2.54. The molecule has 25 heavy (non-hydrogen) atoms. The first-order valence-corrected chi connectivity index (χ1v) is 10.3. The molecule has 1 fully saturated rings. The van der Waals surface area contributed by atoms with Crippen LogP contribution in [0.3, 0.4) is 0 Å². The van der Waals surface area contributed by atoms with Gasteiger partial charge in [-0.2, -0.15) is 4.31 Å². The molecular formula is C17H17N3O3S2. The predicted molar refractivity (Wildman–Crippen MR) is 97.9 cm³/mol. The molecule has 1 aromatic carbocycles. The molecule has 8 heteroatoms. The van der Waals surface area contributed by atoms with Gasteiger partial charge < -0.3 is 0 Å². The summed E-state index contributed by atoms with van der Waals surface area (Å²) in [5.41, 5.74) is 1.06. The van der Waals surface area contributed by atoms with Crippen LogP contribution < -0.4 is 5.56 Å². The van der Waals surface area contributed by atoms with Gasteiger partial charge in [0.15, 0.2) is 0 Å². The monoisotopic (exact) mass is 375 g/mol. The van der Waals surface area contributed by atoms with Crippen molar-refractivity contribution in [2.24, 2.45) is 0 Å². The summed E-state index contributed by atoms with van der Waals surface area (Å²) in [5, 5.41) is 0.539. The Balaban J connectivity index is 1.87. The van der Waals surface area contributed by atoms with Gasteiger partial charge in [-0.1, -0.05) is 6.07 Å². The van der Waals surface area contributed by atoms with Crippen molar-refractivity contribution < 1.29 is 8.42 Å². The molecule has 2 aromatic heterocycles. The number of sulfonamides is 1. The summed E-state index contributed by atoms with van der Waals surface area (Å²) in [7, 11) is -3.54. The zero-order valence-electron chi connectivity index (χ0n) is 13.7. The van der Waals surface area contributed by atoms with E-state index in [1.54, 1.807) is 43.5 Å². The zero-order valence-corrected chi connectivity index (χ0v) is 15.3. The number of aromatic nitrogens is 2. The fraction of sp³-hybridized carbons (Fsp3) is 0.294. The van der Waals surface area contributed by atoms with Crippen LogP contribution in [0.2, 0.25) is 0 Å². The van der Waals surface area contributed by atoms with E-state index in [4.69, 9.17) is 0 Å². The summed E-state index contributed by atoms with van der Waals surface area (Å²) in [4.78, 5) is 17.7. The van der Waals surface area contributed by atoms with Gasteiger partial charge in [-0.25, -0.2) is 17.4 Å². The lowest BCUT2D eigenvalue weighted by molar-refractivity contribution is 0.477. The first-order valence-electron chi connectivity index (χ1n) is 8.07. The van der Waals surface area contributed by atoms with Gasteiger partial charge in [0.05, 0.1) is 16.0 Å². The normalized spacial score (nSPS) is 15.9. The Hall–Kier alpha value is -2.03. The summed E-state index contributed by atoms with van der Waals surface area (Å²) < 4.78 is 28.9. The van der Waals surface area contributed by atoms with Crippen molar-refractivity contribution in [2.45, 2.75) is 24.7 Å². The molecule has 1 saturated heterocycles. The molecule has 0 bridgehead atoms. The maximum absolute atomic E-state index is 12.9. The molecule has 0 radical (unpaired) electrons. The molecule has 0 spiro atoms. The van der Waals surface area contributed by atoms with E-state index in [-0.39, 0.29) is 10.5 Å². The number of fused-ring (bicyclic) bond motifs is 1. The Morgan fingerprint density at radius 3 is 2.64 bits per heavy atom. The number of hydrogen-bond donors (Lipinski definition) is 0. The summed E-state index contributed by atoms with van der Waals surface area (Å²) in [6.45, 7) is 2.89. The molecule has 4 rings (SSSR count). The number of hydrogen-bond acceptors (Lipinski definition) is 5. The molecule has 3 heterocycles. The Bertz CT molecular complexity index is 1110. The molecule has 0 unspecified atom stereocenters. The maximum atomic E-state index is 12.9. The van der Waals surface area contributed by atoms with Crippen molar-refractivity contribution in [3.8, 4) is 5.69 Å². The van der Waals surface area contributed by atoms with Gasteiger partial charge in [0.1, 0.15) is 4.83 Å². The van der Waals surface area contributed by atoms with E-state index in [2.05, 4.69) is 4.98 Å². The lowest BCUT2D eigenvalue weighted by Gasteiger charge is -2.17. The van der Waals surface area contributed by atoms with E-state index in [1.165, 1.54) is 19.8 Å². The summed E-state index contributed by atoms with van der Waals surface area (Å²) in [5.74, 6) is 0. The zero-order chi connectivity index (χ0) is 17.6. The first kappa shape index (κ1) is 16.4. The van der Waals surface area contributed by atoms with Gasteiger partial charge in [-0.05, 0) is 61.1 Å². The fourth-order valence-corrected chi connectivity index (χ4v) is 5.79. The highest BCUT2D eigenvalue weighted by molar-refractivity contribution is 7.89. The molecule has 0 atom stereocenters. The Morgan fingerprint density at radius 2 is 1.92 bits per heavy atom. The number of rotatable bonds is 3. The van der Waals surface area contributed by atoms with Crippen LogP contribution in [-0.2, 0) is 10.0 Å². The van der Waals surface area contributed by atoms with Crippen molar-refractivity contribution in [1.82, 2.24) is 13.2 Å². The summed E-state index contributed by atoms with van der Waals surface area (Å²) >= 11 is 1.22. The van der Waals surface area contributed by atoms with Crippen LogP contribution in [-0.4, -0.2) is 34.8 Å². The molecule has 0 aliphatic carbocycles. The van der Waals surface area contributed by atoms with Crippen molar-refractivity contribution in [2.75, 3.05) is 13.1 Å². The highest BCUT2D eigenvalue weighted by atomic mass is 32.2. The van der Waals surface area contributed by atoms with Crippen LogP contribution in [0.25, 0.3) is 15.9 Å². The Kier molecular flexibility index (Phi) is 3.98. The molecule has 1 aliphatic rings. The van der Waals surface area contributed by atoms with E-state index in [0.717, 1.165) is 12.8 Å². The van der Waals surface area contributed by atoms with E-state index in [1.807, 2.05) is 0 Å². The second-order valence-electron chi connectivity index (χ2n) is 6.11. The highest BCUT2D eigenvalue weighted by Gasteiger charge is 2.29. The maximum Gasteiger partial charge on any atom is 0.274 e. The largest absolute Gasteiger partial charge is 0.274 e. The van der Waals surface area contributed by atoms with Crippen molar-refractivity contribution >= 4 is 31.8 Å². The lowest BCUT2D eigenvalue weighted by atomic mass is 10.2. The van der Waals surface area contributed by atoms with Crippen molar-refractivity contribution in [3.63, 3.8) is 0 Å². The number of benzene rings is 1. The minimum Gasteiger partial charge on any atom is -0.267 e. The third kappa shape index (κ3) is 2.70. The summed E-state index contributed by atoms with van der Waals surface area (Å²) in [6.07, 6.45) is 3.42. The first-order chi connectivity index (χ1) is 12.0. The topological polar surface area (TPSA) is 72.3 Å². The molecule has 1 aliphatic heterocycles. The van der Waals surface area contributed by atoms with E-state index < -0.39 is 10.0 Å². The van der Waals surface area contributed by atoms with Gasteiger partial charge in [0.25, 0.3) is 5.56 Å². The molecule has 0 amide bonds. The van der Waals surface area contributed by atoms with Gasteiger partial charge >= 0.3 is 0 Å². The van der Waals surface area contributed by atoms with Crippen LogP contribution >= 0.6 is 11.5 Å². The Labute approximate surface area is 149 Å². The van der Waals surface area contributed by atoms with Crippen molar-refractivity contribution in [3.05, 3.63) is 52.4 Å². The average Bonchev–Trinajstić information content (AvgIpc) is 3.25. The van der Waals surface area contributed by atoms with Crippen LogP contribution in [0.5, 0.6) is 0 Å². The average molecular weight is 375 g/mol. The van der Waals surface area contributed by atoms with Crippen LogP contribution in [0.15, 0.2) is 46.2 Å². The second kappa shape index (κ2) is 6.05. The number of pyridine rings is 1. The molecule has 0 saturated carbocycles. The molecule has 3 aromatic rings. The van der Waals surface area contributed by atoms with Gasteiger partial charge in [-0.3, -0.25) is 4.79 Å². The van der Waals surface area contributed by atoms with Crippen LogP contribution in [0.4, 0.5) is 0 Å². The summed E-state index contributed by atoms with van der Waals surface area (Å²) in [6, 6.07) is 8.57. The molecule has 0 N–H and O–H groups in total. The van der Waals surface area contributed by atoms with Gasteiger partial charge in [0.2, 0.25) is 10.0 Å². The molecular weight excluding hydrogens is 358 g/mol. The molecule has 130 valence electrons.